The number of aryl methyl sites for hydroxylation is 1. The van der Waals surface area contributed by atoms with Crippen LogP contribution in [0.5, 0.6) is 5.75 Å². The van der Waals surface area contributed by atoms with Crippen molar-refractivity contribution in [2.75, 3.05) is 26.3 Å². The lowest BCUT2D eigenvalue weighted by atomic mass is 9.87. The number of aromatic nitrogens is 2. The van der Waals surface area contributed by atoms with Crippen LogP contribution in [0.4, 0.5) is 4.39 Å². The van der Waals surface area contributed by atoms with Gasteiger partial charge in [-0.25, -0.2) is 9.89 Å². The molecule has 6 rings (SSSR count). The summed E-state index contributed by atoms with van der Waals surface area (Å²) in [5.74, 6) is 0.503. The maximum Gasteiger partial charge on any atom is 0.434 e. The molecule has 4 aromatic rings. The Bertz CT molecular complexity index is 1630. The number of likely N-dealkylation sites (tertiary alicyclic amines) is 1. The van der Waals surface area contributed by atoms with Crippen molar-refractivity contribution in [3.05, 3.63) is 104 Å². The molecule has 1 aliphatic heterocycles. The van der Waals surface area contributed by atoms with E-state index in [1.807, 2.05) is 36.4 Å². The number of hydrogen-bond donors (Lipinski definition) is 1. The van der Waals surface area contributed by atoms with E-state index in [9.17, 15) is 9.18 Å². The highest BCUT2D eigenvalue weighted by Crippen LogP contribution is 2.43. The molecule has 1 N–H and O–H groups in total. The molecule has 1 fully saturated rings. The first-order chi connectivity index (χ1) is 20.0. The summed E-state index contributed by atoms with van der Waals surface area (Å²) in [6, 6.07) is 19.9. The fourth-order valence-corrected chi connectivity index (χ4v) is 6.40. The molecule has 0 saturated carbocycles. The quantitative estimate of drug-likeness (QED) is 0.230. The summed E-state index contributed by atoms with van der Waals surface area (Å²) in [5.41, 5.74) is 7.24. The number of nitrogens with one attached hydrogen (secondary N) is 1. The van der Waals surface area contributed by atoms with Crippen molar-refractivity contribution in [2.45, 2.75) is 38.2 Å². The maximum atomic E-state index is 12.6. The van der Waals surface area contributed by atoms with Gasteiger partial charge in [0.1, 0.15) is 11.9 Å². The molecule has 1 aliphatic carbocycles. The topological polar surface area (TPSA) is 71.4 Å². The smallest absolute Gasteiger partial charge is 0.434 e. The molecule has 9 heteroatoms. The molecule has 2 aliphatic rings. The van der Waals surface area contributed by atoms with Gasteiger partial charge in [-0.05, 0) is 102 Å². The van der Waals surface area contributed by atoms with E-state index in [0.717, 1.165) is 90.0 Å². The molecule has 0 spiro atoms. The van der Waals surface area contributed by atoms with Gasteiger partial charge in [0.05, 0.1) is 6.67 Å². The summed E-state index contributed by atoms with van der Waals surface area (Å²) in [5, 5.41) is 7.56. The van der Waals surface area contributed by atoms with Gasteiger partial charge in [-0.15, -0.1) is 5.10 Å². The fourth-order valence-electron chi connectivity index (χ4n) is 5.88. The lowest BCUT2D eigenvalue weighted by Crippen LogP contribution is -2.26. The number of rotatable bonds is 8. The van der Waals surface area contributed by atoms with E-state index in [2.05, 4.69) is 33.3 Å². The fraction of sp³-hybridized carbons (Fsp3) is 0.312. The average Bonchev–Trinajstić information content (AvgIpc) is 3.56. The summed E-state index contributed by atoms with van der Waals surface area (Å²) in [6.45, 7) is 2.23. The molecule has 3 aromatic carbocycles. The molecule has 212 valence electrons. The number of ether oxygens (including phenoxy) is 1. The molecular formula is C32H30Cl2FN3O3. The molecule has 0 bridgehead atoms. The van der Waals surface area contributed by atoms with E-state index in [4.69, 9.17) is 32.4 Å². The van der Waals surface area contributed by atoms with Crippen LogP contribution in [-0.2, 0) is 6.42 Å². The van der Waals surface area contributed by atoms with Crippen LogP contribution in [-0.4, -0.2) is 47.5 Å². The van der Waals surface area contributed by atoms with Crippen LogP contribution in [0.15, 0.2) is 69.9 Å². The number of H-pyrrole nitrogens is 1. The monoisotopic (exact) mass is 593 g/mol. The maximum absolute atomic E-state index is 12.6. The zero-order valence-corrected chi connectivity index (χ0v) is 24.0. The Kier molecular flexibility index (Phi) is 8.28. The van der Waals surface area contributed by atoms with Gasteiger partial charge in [0, 0.05) is 35.2 Å². The molecule has 41 heavy (non-hydrogen) atoms. The van der Waals surface area contributed by atoms with Gasteiger partial charge < -0.3 is 9.15 Å². The summed E-state index contributed by atoms with van der Waals surface area (Å²) in [6.07, 6.45) is 4.19. The van der Waals surface area contributed by atoms with Crippen molar-refractivity contribution < 1.29 is 13.5 Å². The summed E-state index contributed by atoms with van der Waals surface area (Å²) in [7, 11) is 0. The Morgan fingerprint density at radius 3 is 2.59 bits per heavy atom. The van der Waals surface area contributed by atoms with Crippen LogP contribution in [0.2, 0.25) is 10.0 Å². The standard InChI is InChI=1S/C32H30Cl2FN3O3/c33-23-8-12-27(29(34)18-23)28-4-1-3-21-17-22(31-36-37-32(39)41-31)7-11-26(21)30(28)20-5-9-24(10-6-20)40-25-13-16-38(19-25)15-2-14-35/h5-12,17-18,25H,1-4,13-16,19H2,(H,37,39). The van der Waals surface area contributed by atoms with E-state index in [-0.39, 0.29) is 18.7 Å². The predicted molar refractivity (Wildman–Crippen MR) is 160 cm³/mol. The number of alkyl halides is 1. The molecule has 6 nitrogen and oxygen atoms in total. The first kappa shape index (κ1) is 27.8. The molecule has 1 unspecified atom stereocenters. The van der Waals surface area contributed by atoms with E-state index < -0.39 is 5.76 Å². The molecule has 2 heterocycles. The van der Waals surface area contributed by atoms with Crippen LogP contribution in [0.3, 0.4) is 0 Å². The number of aromatic amines is 1. The normalized spacial score (nSPS) is 17.5. The molecular weight excluding hydrogens is 564 g/mol. The second-order valence-electron chi connectivity index (χ2n) is 10.5. The average molecular weight is 595 g/mol. The van der Waals surface area contributed by atoms with E-state index in [0.29, 0.717) is 16.5 Å². The SMILES string of the molecule is O=c1[nH]nc(-c2ccc3c(c2)CCCC(c2ccc(Cl)cc2Cl)=C3c2ccc(OC3CCN(CCCF)C3)cc2)o1. The summed E-state index contributed by atoms with van der Waals surface area (Å²) in [4.78, 5) is 13.8. The van der Waals surface area contributed by atoms with Crippen LogP contribution in [0, 0.1) is 0 Å². The lowest BCUT2D eigenvalue weighted by Gasteiger charge is -2.19. The highest BCUT2D eigenvalue weighted by atomic mass is 35.5. The largest absolute Gasteiger partial charge is 0.489 e. The van der Waals surface area contributed by atoms with Gasteiger partial charge in [0.2, 0.25) is 5.89 Å². The third kappa shape index (κ3) is 6.13. The van der Waals surface area contributed by atoms with Gasteiger partial charge in [-0.2, -0.15) is 0 Å². The van der Waals surface area contributed by atoms with Gasteiger partial charge in [-0.1, -0.05) is 47.5 Å². The van der Waals surface area contributed by atoms with Crippen LogP contribution >= 0.6 is 23.2 Å². The van der Waals surface area contributed by atoms with Crippen molar-refractivity contribution in [1.82, 2.24) is 15.1 Å². The highest BCUT2D eigenvalue weighted by molar-refractivity contribution is 6.36. The Morgan fingerprint density at radius 1 is 1.02 bits per heavy atom. The number of benzene rings is 3. The van der Waals surface area contributed by atoms with Gasteiger partial charge in [0.15, 0.2) is 0 Å². The van der Waals surface area contributed by atoms with Crippen molar-refractivity contribution in [2.24, 2.45) is 0 Å². The van der Waals surface area contributed by atoms with Gasteiger partial charge in [-0.3, -0.25) is 9.29 Å². The Labute approximate surface area is 247 Å². The number of allylic oxidation sites excluding steroid dienone is 1. The summed E-state index contributed by atoms with van der Waals surface area (Å²) >= 11 is 13.0. The van der Waals surface area contributed by atoms with Crippen molar-refractivity contribution >= 4 is 34.3 Å². The highest BCUT2D eigenvalue weighted by Gasteiger charge is 2.25. The minimum absolute atomic E-state index is 0.0993. The molecule has 0 amide bonds. The Morgan fingerprint density at radius 2 is 1.83 bits per heavy atom. The zero-order chi connectivity index (χ0) is 28.3. The van der Waals surface area contributed by atoms with Crippen LogP contribution < -0.4 is 10.5 Å². The van der Waals surface area contributed by atoms with Crippen LogP contribution in [0.25, 0.3) is 22.6 Å². The Hall–Kier alpha value is -3.39. The van der Waals surface area contributed by atoms with Crippen molar-refractivity contribution in [3.8, 4) is 17.2 Å². The van der Waals surface area contributed by atoms with Gasteiger partial charge >= 0.3 is 5.76 Å². The zero-order valence-electron chi connectivity index (χ0n) is 22.5. The number of halogens is 3. The van der Waals surface area contributed by atoms with E-state index in [1.54, 1.807) is 6.07 Å². The van der Waals surface area contributed by atoms with Crippen LogP contribution in [0.1, 0.15) is 47.9 Å². The molecule has 0 radical (unpaired) electrons. The number of hydrogen-bond acceptors (Lipinski definition) is 5. The Balaban J connectivity index is 1.37. The van der Waals surface area contributed by atoms with Gasteiger partial charge in [0.25, 0.3) is 0 Å². The minimum atomic E-state index is -0.581. The lowest BCUT2D eigenvalue weighted by molar-refractivity contribution is 0.198. The van der Waals surface area contributed by atoms with Crippen molar-refractivity contribution in [3.63, 3.8) is 0 Å². The second-order valence-corrected chi connectivity index (χ2v) is 11.4. The second kappa shape index (κ2) is 12.2. The molecule has 1 aromatic heterocycles. The first-order valence-corrected chi connectivity index (χ1v) is 14.7. The third-order valence-corrected chi connectivity index (χ3v) is 8.32. The van der Waals surface area contributed by atoms with E-state index >= 15 is 0 Å². The number of nitrogens with zero attached hydrogens (tertiary/aromatic N) is 2. The molecule has 1 atom stereocenters. The number of fused-ring (bicyclic) bond motifs is 1. The molecule has 1 saturated heterocycles. The third-order valence-electron chi connectivity index (χ3n) is 7.77. The summed E-state index contributed by atoms with van der Waals surface area (Å²) < 4.78 is 24.1. The minimum Gasteiger partial charge on any atom is -0.489 e. The van der Waals surface area contributed by atoms with Crippen molar-refractivity contribution in [1.29, 1.82) is 0 Å². The first-order valence-electron chi connectivity index (χ1n) is 13.9. The van der Waals surface area contributed by atoms with E-state index in [1.165, 1.54) is 0 Å². The predicted octanol–water partition coefficient (Wildman–Crippen LogP) is 7.44.